The highest BCUT2D eigenvalue weighted by Gasteiger charge is 2.63. The number of carbonyl (C=O) groups is 2. The number of amides is 2. The van der Waals surface area contributed by atoms with Crippen LogP contribution in [0.25, 0.3) is 5.70 Å². The SMILES string of the molecule is C=C1c2cc(OC)c(OC)cc2CC2N1C(=O)C(C)N1C(=O)c3ccccc3C21O. The van der Waals surface area contributed by atoms with E-state index in [4.69, 9.17) is 9.47 Å². The number of hydrogen-bond donors (Lipinski definition) is 1. The predicted octanol–water partition coefficient (Wildman–Crippen LogP) is 2.13. The van der Waals surface area contributed by atoms with Crippen molar-refractivity contribution in [2.45, 2.75) is 31.2 Å². The van der Waals surface area contributed by atoms with Crippen LogP contribution in [-0.4, -0.2) is 53.0 Å². The minimum atomic E-state index is -1.64. The Bertz CT molecular complexity index is 1130. The summed E-state index contributed by atoms with van der Waals surface area (Å²) in [5, 5.41) is 12.0. The van der Waals surface area contributed by atoms with Gasteiger partial charge in [0.05, 0.1) is 20.3 Å². The monoisotopic (exact) mass is 406 g/mol. The van der Waals surface area contributed by atoms with Crippen molar-refractivity contribution >= 4 is 17.5 Å². The predicted molar refractivity (Wildman–Crippen MR) is 109 cm³/mol. The third-order valence-corrected chi connectivity index (χ3v) is 6.52. The lowest BCUT2D eigenvalue weighted by molar-refractivity contribution is -0.189. The van der Waals surface area contributed by atoms with Crippen molar-refractivity contribution in [1.82, 2.24) is 9.80 Å². The number of methoxy groups -OCH3 is 2. The van der Waals surface area contributed by atoms with E-state index in [2.05, 4.69) is 6.58 Å². The zero-order valence-corrected chi connectivity index (χ0v) is 17.0. The lowest BCUT2D eigenvalue weighted by atomic mass is 9.80. The molecular weight excluding hydrogens is 384 g/mol. The Balaban J connectivity index is 1.73. The van der Waals surface area contributed by atoms with Crippen LogP contribution in [0.4, 0.5) is 0 Å². The number of aliphatic hydroxyl groups is 1. The van der Waals surface area contributed by atoms with E-state index in [-0.39, 0.29) is 11.8 Å². The second-order valence-electron chi connectivity index (χ2n) is 7.86. The first-order valence-corrected chi connectivity index (χ1v) is 9.77. The van der Waals surface area contributed by atoms with Crippen LogP contribution in [0.2, 0.25) is 0 Å². The molecule has 2 aromatic carbocycles. The largest absolute Gasteiger partial charge is 0.493 e. The molecule has 0 radical (unpaired) electrons. The van der Waals surface area contributed by atoms with Crippen molar-refractivity contribution in [3.8, 4) is 11.5 Å². The van der Waals surface area contributed by atoms with Crippen LogP contribution in [0.5, 0.6) is 11.5 Å². The highest BCUT2D eigenvalue weighted by atomic mass is 16.5. The maximum absolute atomic E-state index is 13.3. The summed E-state index contributed by atoms with van der Waals surface area (Å²) in [4.78, 5) is 29.3. The molecule has 2 aromatic rings. The summed E-state index contributed by atoms with van der Waals surface area (Å²) in [5.41, 5.74) is 1.40. The Labute approximate surface area is 174 Å². The van der Waals surface area contributed by atoms with Gasteiger partial charge in [0.2, 0.25) is 5.91 Å². The first-order chi connectivity index (χ1) is 14.3. The molecule has 7 heteroatoms. The maximum Gasteiger partial charge on any atom is 0.257 e. The normalized spacial score (nSPS) is 26.7. The topological polar surface area (TPSA) is 79.3 Å². The van der Waals surface area contributed by atoms with Crippen LogP contribution in [0.15, 0.2) is 43.0 Å². The van der Waals surface area contributed by atoms with Gasteiger partial charge >= 0.3 is 0 Å². The van der Waals surface area contributed by atoms with Crippen LogP contribution in [0.3, 0.4) is 0 Å². The summed E-state index contributed by atoms with van der Waals surface area (Å²) in [7, 11) is 3.11. The third kappa shape index (κ3) is 2.07. The molecular formula is C23H22N2O5. The van der Waals surface area contributed by atoms with Gasteiger partial charge in [-0.1, -0.05) is 24.8 Å². The Morgan fingerprint density at radius 2 is 1.77 bits per heavy atom. The molecule has 0 aromatic heterocycles. The molecule has 7 nitrogen and oxygen atoms in total. The minimum absolute atomic E-state index is 0.267. The quantitative estimate of drug-likeness (QED) is 0.827. The number of piperazine rings is 1. The second kappa shape index (κ2) is 6.09. The zero-order valence-electron chi connectivity index (χ0n) is 17.0. The van der Waals surface area contributed by atoms with Gasteiger partial charge in [0.25, 0.3) is 5.91 Å². The Kier molecular flexibility index (Phi) is 3.79. The molecule has 1 N–H and O–H groups in total. The van der Waals surface area contributed by atoms with E-state index in [1.165, 1.54) is 4.90 Å². The van der Waals surface area contributed by atoms with Crippen molar-refractivity contribution < 1.29 is 24.2 Å². The first kappa shape index (κ1) is 18.7. The van der Waals surface area contributed by atoms with E-state index in [1.54, 1.807) is 56.4 Å². The van der Waals surface area contributed by atoms with Crippen molar-refractivity contribution in [2.24, 2.45) is 0 Å². The zero-order chi connectivity index (χ0) is 21.4. The molecule has 0 bridgehead atoms. The van der Waals surface area contributed by atoms with Crippen LogP contribution < -0.4 is 9.47 Å². The van der Waals surface area contributed by atoms with E-state index >= 15 is 0 Å². The van der Waals surface area contributed by atoms with Gasteiger partial charge < -0.3 is 19.5 Å². The van der Waals surface area contributed by atoms with Gasteiger partial charge in [0.15, 0.2) is 17.2 Å². The highest BCUT2D eigenvalue weighted by Crippen LogP contribution is 2.51. The number of hydrogen-bond acceptors (Lipinski definition) is 5. The molecule has 0 aliphatic carbocycles. The standard InChI is InChI=1S/C23H22N2O5/c1-12-16-11-19(30-4)18(29-3)9-14(16)10-20-23(28)17-8-6-5-7-15(17)22(27)25(23)13(2)21(26)24(12)20/h5-9,11,13,20,28H,1,10H2,2-4H3. The molecule has 5 rings (SSSR count). The molecule has 30 heavy (non-hydrogen) atoms. The second-order valence-corrected chi connectivity index (χ2v) is 7.86. The van der Waals surface area contributed by atoms with Crippen LogP contribution in [0, 0.1) is 0 Å². The van der Waals surface area contributed by atoms with Crippen molar-refractivity contribution in [3.63, 3.8) is 0 Å². The summed E-state index contributed by atoms with van der Waals surface area (Å²) >= 11 is 0. The molecule has 3 unspecified atom stereocenters. The van der Waals surface area contributed by atoms with E-state index in [9.17, 15) is 14.7 Å². The Morgan fingerprint density at radius 1 is 1.10 bits per heavy atom. The summed E-state index contributed by atoms with van der Waals surface area (Å²) in [6.45, 7) is 5.81. The molecule has 3 aliphatic rings. The summed E-state index contributed by atoms with van der Waals surface area (Å²) in [6, 6.07) is 9.10. The molecule has 2 amide bonds. The third-order valence-electron chi connectivity index (χ3n) is 6.52. The highest BCUT2D eigenvalue weighted by molar-refractivity contribution is 6.05. The molecule has 3 aliphatic heterocycles. The van der Waals surface area contributed by atoms with Crippen molar-refractivity contribution in [2.75, 3.05) is 14.2 Å². The summed E-state index contributed by atoms with van der Waals surface area (Å²) in [5.74, 6) is 0.489. The molecule has 3 heterocycles. The van der Waals surface area contributed by atoms with Gasteiger partial charge in [-0.05, 0) is 37.1 Å². The first-order valence-electron chi connectivity index (χ1n) is 9.77. The van der Waals surface area contributed by atoms with Gasteiger partial charge in [-0.3, -0.25) is 14.5 Å². The Hall–Kier alpha value is -3.32. The smallest absolute Gasteiger partial charge is 0.257 e. The van der Waals surface area contributed by atoms with E-state index in [1.807, 2.05) is 6.07 Å². The van der Waals surface area contributed by atoms with Crippen LogP contribution in [0.1, 0.15) is 34.0 Å². The van der Waals surface area contributed by atoms with Gasteiger partial charge in [-0.25, -0.2) is 0 Å². The average Bonchev–Trinajstić information content (AvgIpc) is 2.99. The lowest BCUT2D eigenvalue weighted by Crippen LogP contribution is -2.70. The molecule has 1 saturated heterocycles. The molecule has 0 spiro atoms. The van der Waals surface area contributed by atoms with E-state index in [0.717, 1.165) is 11.1 Å². The summed E-state index contributed by atoms with van der Waals surface area (Å²) < 4.78 is 10.8. The van der Waals surface area contributed by atoms with Gasteiger partial charge in [-0.2, -0.15) is 0 Å². The fourth-order valence-corrected chi connectivity index (χ4v) is 5.11. The number of benzene rings is 2. The Morgan fingerprint density at radius 3 is 2.47 bits per heavy atom. The van der Waals surface area contributed by atoms with Crippen molar-refractivity contribution in [1.29, 1.82) is 0 Å². The van der Waals surface area contributed by atoms with Crippen LogP contribution >= 0.6 is 0 Å². The number of nitrogens with zero attached hydrogens (tertiary/aromatic N) is 2. The number of ether oxygens (including phenoxy) is 2. The maximum atomic E-state index is 13.3. The van der Waals surface area contributed by atoms with Gasteiger partial charge in [-0.15, -0.1) is 0 Å². The van der Waals surface area contributed by atoms with Crippen molar-refractivity contribution in [3.05, 3.63) is 65.2 Å². The lowest BCUT2D eigenvalue weighted by Gasteiger charge is -2.54. The molecule has 0 saturated carbocycles. The van der Waals surface area contributed by atoms with Gasteiger partial charge in [0.1, 0.15) is 6.04 Å². The fourth-order valence-electron chi connectivity index (χ4n) is 5.11. The van der Waals surface area contributed by atoms with E-state index in [0.29, 0.717) is 34.7 Å². The average molecular weight is 406 g/mol. The molecule has 1 fully saturated rings. The van der Waals surface area contributed by atoms with Crippen LogP contribution in [-0.2, 0) is 16.9 Å². The number of carbonyl (C=O) groups excluding carboxylic acids is 2. The van der Waals surface area contributed by atoms with E-state index < -0.39 is 17.8 Å². The van der Waals surface area contributed by atoms with Gasteiger partial charge in [0, 0.05) is 22.4 Å². The molecule has 154 valence electrons. The number of rotatable bonds is 2. The summed E-state index contributed by atoms with van der Waals surface area (Å²) in [6.07, 6.45) is 0.335. The molecule has 3 atom stereocenters. The number of fused-ring (bicyclic) bond motifs is 6. The fraction of sp³-hybridized carbons (Fsp3) is 0.304. The minimum Gasteiger partial charge on any atom is -0.493 e.